The van der Waals surface area contributed by atoms with Gasteiger partial charge in [0.25, 0.3) is 0 Å². The van der Waals surface area contributed by atoms with E-state index in [1.807, 2.05) is 0 Å². The summed E-state index contributed by atoms with van der Waals surface area (Å²) in [5.41, 5.74) is 0.158. The molecule has 2 aromatic carbocycles. The second-order valence-corrected chi connectivity index (χ2v) is 7.80. The lowest BCUT2D eigenvalue weighted by Crippen LogP contribution is -2.29. The second kappa shape index (κ2) is 5.49. The summed E-state index contributed by atoms with van der Waals surface area (Å²) < 4.78 is 64.3. The van der Waals surface area contributed by atoms with Gasteiger partial charge in [-0.1, -0.05) is 12.1 Å². The molecule has 1 fully saturated rings. The van der Waals surface area contributed by atoms with E-state index in [2.05, 4.69) is 5.32 Å². The van der Waals surface area contributed by atoms with Gasteiger partial charge in [-0.2, -0.15) is 0 Å². The molecule has 1 saturated carbocycles. The number of rotatable bonds is 4. The summed E-state index contributed by atoms with van der Waals surface area (Å²) in [7, 11) is -4.03. The van der Waals surface area contributed by atoms with Crippen molar-refractivity contribution in [2.24, 2.45) is 5.14 Å². The van der Waals surface area contributed by atoms with Gasteiger partial charge in [0, 0.05) is 5.56 Å². The van der Waals surface area contributed by atoms with E-state index in [-0.39, 0.29) is 24.1 Å². The molecule has 1 aliphatic carbocycles. The molecule has 0 unspecified atom stereocenters. The molecule has 24 heavy (non-hydrogen) atoms. The van der Waals surface area contributed by atoms with E-state index in [0.29, 0.717) is 5.56 Å². The fourth-order valence-electron chi connectivity index (χ4n) is 2.73. The monoisotopic (exact) mass is 356 g/mol. The smallest absolute Gasteiger partial charge is 0.219 e. The van der Waals surface area contributed by atoms with Gasteiger partial charge in [-0.25, -0.2) is 26.7 Å². The number of halogens is 3. The van der Waals surface area contributed by atoms with Crippen LogP contribution in [0.5, 0.6) is 0 Å². The molecule has 3 N–H and O–H groups in total. The van der Waals surface area contributed by atoms with Crippen LogP contribution in [0.25, 0.3) is 0 Å². The zero-order chi connectivity index (χ0) is 17.7. The Morgan fingerprint density at radius 3 is 2.29 bits per heavy atom. The van der Waals surface area contributed by atoms with Crippen LogP contribution in [0.1, 0.15) is 24.0 Å². The summed E-state index contributed by atoms with van der Waals surface area (Å²) in [4.78, 5) is 0. The molecule has 4 nitrogen and oxygen atoms in total. The minimum atomic E-state index is -4.03. The highest BCUT2D eigenvalue weighted by Crippen LogP contribution is 2.54. The highest BCUT2D eigenvalue weighted by Gasteiger charge is 2.56. The fraction of sp³-hybridized carbons (Fsp3) is 0.250. The number of primary sulfonamides is 1. The minimum Gasteiger partial charge on any atom is -0.350 e. The van der Waals surface area contributed by atoms with Gasteiger partial charge >= 0.3 is 0 Å². The number of benzene rings is 2. The molecule has 2 aromatic rings. The molecule has 1 aliphatic rings. The summed E-state index contributed by atoms with van der Waals surface area (Å²) in [6.45, 7) is 1.68. The first-order valence-electron chi connectivity index (χ1n) is 7.20. The Labute approximate surface area is 137 Å². The van der Waals surface area contributed by atoms with Crippen LogP contribution in [-0.4, -0.2) is 8.42 Å². The lowest BCUT2D eigenvalue weighted by Gasteiger charge is -2.20. The Kier molecular flexibility index (Phi) is 3.84. The molecule has 0 radical (unpaired) electrons. The number of anilines is 2. The third-order valence-electron chi connectivity index (χ3n) is 4.22. The van der Waals surface area contributed by atoms with Crippen LogP contribution in [-0.2, 0) is 14.8 Å². The van der Waals surface area contributed by atoms with E-state index >= 15 is 0 Å². The molecule has 0 aromatic heterocycles. The maximum Gasteiger partial charge on any atom is 0.219 e. The van der Waals surface area contributed by atoms with E-state index in [9.17, 15) is 21.6 Å². The zero-order valence-electron chi connectivity index (χ0n) is 12.7. The molecule has 0 bridgehead atoms. The Hall–Kier alpha value is -2.06. The number of hydrogen-bond donors (Lipinski definition) is 2. The maximum absolute atomic E-state index is 14.3. The first-order valence-corrected chi connectivity index (χ1v) is 8.74. The zero-order valence-corrected chi connectivity index (χ0v) is 13.6. The maximum atomic E-state index is 14.3. The number of hydrogen-bond acceptors (Lipinski definition) is 3. The van der Waals surface area contributed by atoms with Crippen molar-refractivity contribution in [1.82, 2.24) is 0 Å². The van der Waals surface area contributed by atoms with Crippen LogP contribution >= 0.6 is 0 Å². The first-order chi connectivity index (χ1) is 11.2. The molecule has 0 heterocycles. The van der Waals surface area contributed by atoms with Crippen LogP contribution in [0.15, 0.2) is 30.3 Å². The van der Waals surface area contributed by atoms with Crippen molar-refractivity contribution in [2.45, 2.75) is 24.5 Å². The summed E-state index contributed by atoms with van der Waals surface area (Å²) in [6.07, 6.45) is 0.393. The van der Waals surface area contributed by atoms with Crippen LogP contribution in [0.4, 0.5) is 24.5 Å². The topological polar surface area (TPSA) is 72.2 Å². The molecule has 3 rings (SSSR count). The highest BCUT2D eigenvalue weighted by molar-refractivity contribution is 7.90. The van der Waals surface area contributed by atoms with Crippen LogP contribution < -0.4 is 10.5 Å². The van der Waals surface area contributed by atoms with E-state index in [1.165, 1.54) is 18.2 Å². The second-order valence-electron chi connectivity index (χ2n) is 5.93. The van der Waals surface area contributed by atoms with Gasteiger partial charge in [0.2, 0.25) is 10.0 Å². The largest absolute Gasteiger partial charge is 0.350 e. The Bertz CT molecular complexity index is 925. The lowest BCUT2D eigenvalue weighted by molar-refractivity contribution is 0.509. The van der Waals surface area contributed by atoms with Gasteiger partial charge < -0.3 is 5.32 Å². The predicted molar refractivity (Wildman–Crippen MR) is 84.8 cm³/mol. The molecule has 0 amide bonds. The molecular formula is C16H15F3N2O2S. The average Bonchev–Trinajstić information content (AvgIpc) is 3.28. The standard InChI is InChI=1S/C16H15F3N2O2S/c1-9-2-5-13(12(18)8-9)21-15-10(3-4-11(17)14(15)19)16(6-7-16)24(20,22)23/h2-5,8,21H,6-7H2,1H3,(H2,20,22,23). The van der Waals surface area contributed by atoms with E-state index in [0.717, 1.165) is 6.07 Å². The van der Waals surface area contributed by atoms with Gasteiger partial charge in [-0.05, 0) is 43.5 Å². The third-order valence-corrected chi connectivity index (χ3v) is 5.94. The lowest BCUT2D eigenvalue weighted by atomic mass is 10.1. The van der Waals surface area contributed by atoms with Crippen molar-refractivity contribution in [3.05, 3.63) is 58.9 Å². The van der Waals surface area contributed by atoms with Crippen molar-refractivity contribution in [2.75, 3.05) is 5.32 Å². The van der Waals surface area contributed by atoms with Gasteiger partial charge in [0.05, 0.1) is 11.4 Å². The van der Waals surface area contributed by atoms with Gasteiger partial charge in [0.15, 0.2) is 11.6 Å². The average molecular weight is 356 g/mol. The molecule has 128 valence electrons. The quantitative estimate of drug-likeness (QED) is 0.882. The van der Waals surface area contributed by atoms with E-state index in [4.69, 9.17) is 5.14 Å². The van der Waals surface area contributed by atoms with Crippen LogP contribution in [0, 0.1) is 24.4 Å². The van der Waals surface area contributed by atoms with Crippen LogP contribution in [0.2, 0.25) is 0 Å². The summed E-state index contributed by atoms with van der Waals surface area (Å²) in [5, 5.41) is 7.75. The van der Waals surface area contributed by atoms with Gasteiger partial charge in [-0.15, -0.1) is 0 Å². The Morgan fingerprint density at radius 2 is 1.75 bits per heavy atom. The minimum absolute atomic E-state index is 0.00359. The van der Waals surface area contributed by atoms with Crippen molar-refractivity contribution in [1.29, 1.82) is 0 Å². The number of sulfonamides is 1. The van der Waals surface area contributed by atoms with Crippen molar-refractivity contribution < 1.29 is 21.6 Å². The molecular weight excluding hydrogens is 341 g/mol. The van der Waals surface area contributed by atoms with Gasteiger partial charge in [0.1, 0.15) is 10.6 Å². The molecule has 0 aliphatic heterocycles. The number of nitrogens with two attached hydrogens (primary N) is 1. The normalized spacial score (nSPS) is 16.0. The number of nitrogens with one attached hydrogen (secondary N) is 1. The molecule has 0 atom stereocenters. The van der Waals surface area contributed by atoms with E-state index < -0.39 is 37.9 Å². The molecule has 0 saturated heterocycles. The van der Waals surface area contributed by atoms with Crippen LogP contribution in [0.3, 0.4) is 0 Å². The third kappa shape index (κ3) is 2.65. The summed E-state index contributed by atoms with van der Waals surface area (Å²) in [6, 6.07) is 6.20. The van der Waals surface area contributed by atoms with Crippen molar-refractivity contribution in [3.63, 3.8) is 0 Å². The van der Waals surface area contributed by atoms with Crippen molar-refractivity contribution >= 4 is 21.4 Å². The van der Waals surface area contributed by atoms with E-state index in [1.54, 1.807) is 13.0 Å². The summed E-state index contributed by atoms with van der Waals surface area (Å²) in [5.74, 6) is -3.11. The first kappa shape index (κ1) is 16.8. The fourth-order valence-corrected chi connectivity index (χ4v) is 3.88. The highest BCUT2D eigenvalue weighted by atomic mass is 32.2. The SMILES string of the molecule is Cc1ccc(Nc2c(C3(S(N)(=O)=O)CC3)ccc(F)c2F)c(F)c1. The Balaban J connectivity index is 2.15. The number of aryl methyl sites for hydroxylation is 1. The predicted octanol–water partition coefficient (Wildman–Crippen LogP) is 3.43. The van der Waals surface area contributed by atoms with Gasteiger partial charge in [-0.3, -0.25) is 0 Å². The summed E-state index contributed by atoms with van der Waals surface area (Å²) >= 11 is 0. The molecule has 8 heteroatoms. The van der Waals surface area contributed by atoms with Crippen molar-refractivity contribution in [3.8, 4) is 0 Å². The molecule has 0 spiro atoms. The Morgan fingerprint density at radius 1 is 1.08 bits per heavy atom.